The quantitative estimate of drug-likeness (QED) is 0.476. The summed E-state index contributed by atoms with van der Waals surface area (Å²) in [5, 5.41) is 2.61. The van der Waals surface area contributed by atoms with Gasteiger partial charge < -0.3 is 14.5 Å². The first-order valence-corrected chi connectivity index (χ1v) is 12.7. The lowest BCUT2D eigenvalue weighted by atomic mass is 10.2. The minimum absolute atomic E-state index is 0.0659. The fraction of sp³-hybridized carbons (Fsp3) is 0.882. The number of thioether (sulfide) groups is 1. The zero-order valence-corrected chi connectivity index (χ0v) is 18.3. The van der Waals surface area contributed by atoms with Crippen LogP contribution in [0.3, 0.4) is 0 Å². The van der Waals surface area contributed by atoms with Crippen molar-refractivity contribution in [3.63, 3.8) is 0 Å². The molecule has 7 heteroatoms. The van der Waals surface area contributed by atoms with Crippen LogP contribution in [0.5, 0.6) is 0 Å². The fourth-order valence-electron chi connectivity index (χ4n) is 1.50. The first-order chi connectivity index (χ1) is 10.9. The highest BCUT2D eigenvalue weighted by atomic mass is 32.2. The molecule has 0 fully saturated rings. The van der Waals surface area contributed by atoms with E-state index < -0.39 is 20.5 Å². The van der Waals surface area contributed by atoms with Crippen LogP contribution in [0.1, 0.15) is 48.0 Å². The van der Waals surface area contributed by atoms with Crippen molar-refractivity contribution in [3.8, 4) is 0 Å². The lowest BCUT2D eigenvalue weighted by Crippen LogP contribution is -2.49. The number of alkyl carbamates (subject to hydrolysis) is 1. The molecule has 0 bridgehead atoms. The van der Waals surface area contributed by atoms with Crippen LogP contribution in [0.25, 0.3) is 0 Å². The van der Waals surface area contributed by atoms with Gasteiger partial charge in [-0.05, 0) is 42.0 Å². The molecule has 0 rings (SSSR count). The highest BCUT2D eigenvalue weighted by Crippen LogP contribution is 2.36. The Hall–Kier alpha value is -0.693. The minimum atomic E-state index is -2.21. The van der Waals surface area contributed by atoms with E-state index in [1.54, 1.807) is 11.8 Å². The first kappa shape index (κ1) is 23.3. The Kier molecular flexibility index (Phi) is 10.0. The van der Waals surface area contributed by atoms with Crippen LogP contribution >= 0.6 is 11.8 Å². The number of hydrogen-bond acceptors (Lipinski definition) is 5. The van der Waals surface area contributed by atoms with Crippen LogP contribution in [0.15, 0.2) is 0 Å². The molecule has 0 aromatic heterocycles. The third kappa shape index (κ3) is 8.96. The maximum Gasteiger partial charge on any atom is 0.407 e. The van der Waals surface area contributed by atoms with E-state index in [2.05, 4.69) is 33.0 Å². The number of amides is 1. The van der Waals surface area contributed by atoms with Gasteiger partial charge in [0.05, 0.1) is 6.61 Å². The second kappa shape index (κ2) is 10.3. The molecule has 1 atom stereocenters. The third-order valence-corrected chi connectivity index (χ3v) is 9.30. The number of rotatable bonds is 9. The van der Waals surface area contributed by atoms with Gasteiger partial charge in [-0.3, -0.25) is 4.79 Å². The predicted molar refractivity (Wildman–Crippen MR) is 104 cm³/mol. The number of ether oxygens (including phenoxy) is 1. The van der Waals surface area contributed by atoms with Gasteiger partial charge in [0.25, 0.3) is 8.32 Å². The number of nitrogens with one attached hydrogen (secondary N) is 1. The van der Waals surface area contributed by atoms with Gasteiger partial charge in [0.15, 0.2) is 0 Å². The molecule has 24 heavy (non-hydrogen) atoms. The number of hydrogen-bond donors (Lipinski definition) is 1. The van der Waals surface area contributed by atoms with Crippen molar-refractivity contribution in [2.45, 2.75) is 72.1 Å². The van der Waals surface area contributed by atoms with Crippen molar-refractivity contribution in [2.75, 3.05) is 18.1 Å². The summed E-state index contributed by atoms with van der Waals surface area (Å²) in [6.07, 6.45) is -0.00897. The van der Waals surface area contributed by atoms with Gasteiger partial charge in [0.2, 0.25) is 0 Å². The zero-order chi connectivity index (χ0) is 19.0. The molecule has 0 spiro atoms. The Morgan fingerprint density at radius 1 is 1.21 bits per heavy atom. The number of carbonyl (C=O) groups excluding carboxylic acids is 2. The molecule has 142 valence electrons. The van der Waals surface area contributed by atoms with E-state index in [0.29, 0.717) is 13.0 Å². The van der Waals surface area contributed by atoms with E-state index in [-0.39, 0.29) is 16.9 Å². The Labute approximate surface area is 152 Å². The molecule has 0 aromatic rings. The van der Waals surface area contributed by atoms with Crippen molar-refractivity contribution in [3.05, 3.63) is 0 Å². The first-order valence-electron chi connectivity index (χ1n) is 8.64. The third-order valence-electron chi connectivity index (χ3n) is 4.04. The predicted octanol–water partition coefficient (Wildman–Crippen LogP) is 4.43. The van der Waals surface area contributed by atoms with Gasteiger partial charge in [0, 0.05) is 0 Å². The van der Waals surface area contributed by atoms with Crippen molar-refractivity contribution in [1.29, 1.82) is 0 Å². The molecule has 0 radical (unpaired) electrons. The molecule has 0 heterocycles. The van der Waals surface area contributed by atoms with Crippen molar-refractivity contribution in [1.82, 2.24) is 5.32 Å². The Bertz CT molecular complexity index is 408. The van der Waals surface area contributed by atoms with E-state index in [1.807, 2.05) is 26.9 Å². The summed E-state index contributed by atoms with van der Waals surface area (Å²) >= 11 is 1.73. The molecule has 1 unspecified atom stereocenters. The monoisotopic (exact) mass is 377 g/mol. The SMILES string of the molecule is CCSCCC(NC(=O)OCC(C)C)C(=O)O[Si](C)(C)C(C)(C)C. The summed E-state index contributed by atoms with van der Waals surface area (Å²) in [4.78, 5) is 24.5. The molecule has 0 saturated carbocycles. The van der Waals surface area contributed by atoms with Crippen LogP contribution < -0.4 is 5.32 Å². The highest BCUT2D eigenvalue weighted by Gasteiger charge is 2.41. The van der Waals surface area contributed by atoms with Gasteiger partial charge in [0.1, 0.15) is 6.04 Å². The Balaban J connectivity index is 4.85. The Morgan fingerprint density at radius 2 is 1.79 bits per heavy atom. The number of carbonyl (C=O) groups is 2. The fourth-order valence-corrected chi connectivity index (χ4v) is 3.14. The smallest absolute Gasteiger partial charge is 0.407 e. The van der Waals surface area contributed by atoms with Crippen LogP contribution in [0.2, 0.25) is 18.1 Å². The molecule has 0 aliphatic heterocycles. The molecular weight excluding hydrogens is 342 g/mol. The highest BCUT2D eigenvalue weighted by molar-refractivity contribution is 7.99. The van der Waals surface area contributed by atoms with Crippen LogP contribution in [-0.2, 0) is 14.0 Å². The van der Waals surface area contributed by atoms with Gasteiger partial charge in [-0.25, -0.2) is 4.79 Å². The van der Waals surface area contributed by atoms with Crippen LogP contribution in [0.4, 0.5) is 4.79 Å². The maximum atomic E-state index is 12.6. The summed E-state index contributed by atoms with van der Waals surface area (Å²) in [5.41, 5.74) is 0. The van der Waals surface area contributed by atoms with Crippen molar-refractivity contribution in [2.24, 2.45) is 5.92 Å². The molecule has 0 aliphatic carbocycles. The molecule has 1 N–H and O–H groups in total. The zero-order valence-electron chi connectivity index (χ0n) is 16.5. The second-order valence-corrected chi connectivity index (χ2v) is 14.0. The van der Waals surface area contributed by atoms with Crippen LogP contribution in [-0.4, -0.2) is 44.5 Å². The molecule has 1 amide bonds. The second-order valence-electron chi connectivity index (χ2n) is 7.86. The van der Waals surface area contributed by atoms with E-state index in [9.17, 15) is 9.59 Å². The molecule has 0 aliphatic rings. The average Bonchev–Trinajstić information content (AvgIpc) is 2.42. The summed E-state index contributed by atoms with van der Waals surface area (Å²) in [7, 11) is -2.21. The Morgan fingerprint density at radius 3 is 2.25 bits per heavy atom. The normalized spacial score (nSPS) is 13.5. The topological polar surface area (TPSA) is 64.6 Å². The lowest BCUT2D eigenvalue weighted by Gasteiger charge is -2.36. The minimum Gasteiger partial charge on any atom is -0.518 e. The van der Waals surface area contributed by atoms with E-state index >= 15 is 0 Å². The van der Waals surface area contributed by atoms with Gasteiger partial charge in [-0.15, -0.1) is 0 Å². The van der Waals surface area contributed by atoms with E-state index in [1.165, 1.54) is 0 Å². The lowest BCUT2D eigenvalue weighted by molar-refractivity contribution is -0.137. The molecule has 5 nitrogen and oxygen atoms in total. The van der Waals surface area contributed by atoms with Crippen molar-refractivity contribution >= 4 is 32.1 Å². The standard InChI is InChI=1S/C17H35NO4SSi/c1-9-23-11-10-14(18-16(20)21-12-13(2)3)15(19)22-24(7,8)17(4,5)6/h13-14H,9-12H2,1-8H3,(H,18,20). The summed E-state index contributed by atoms with van der Waals surface area (Å²) in [6, 6.07) is -0.655. The molecule has 0 aromatic carbocycles. The summed E-state index contributed by atoms with van der Waals surface area (Å²) < 4.78 is 11.0. The van der Waals surface area contributed by atoms with E-state index in [4.69, 9.17) is 9.16 Å². The largest absolute Gasteiger partial charge is 0.518 e. The van der Waals surface area contributed by atoms with Crippen molar-refractivity contribution < 1.29 is 18.8 Å². The maximum absolute atomic E-state index is 12.6. The molecular formula is C17H35NO4SSi. The van der Waals surface area contributed by atoms with Gasteiger partial charge in [-0.1, -0.05) is 41.5 Å². The summed E-state index contributed by atoms with van der Waals surface area (Å²) in [6.45, 7) is 16.6. The average molecular weight is 378 g/mol. The summed E-state index contributed by atoms with van der Waals surface area (Å²) in [5.74, 6) is 1.67. The van der Waals surface area contributed by atoms with Gasteiger partial charge >= 0.3 is 12.1 Å². The molecule has 0 saturated heterocycles. The van der Waals surface area contributed by atoms with Crippen LogP contribution in [0, 0.1) is 5.92 Å². The van der Waals surface area contributed by atoms with Gasteiger partial charge in [-0.2, -0.15) is 11.8 Å². The van der Waals surface area contributed by atoms with E-state index in [0.717, 1.165) is 11.5 Å².